The summed E-state index contributed by atoms with van der Waals surface area (Å²) in [5.74, 6) is 0. The first-order chi connectivity index (χ1) is 10.8. The summed E-state index contributed by atoms with van der Waals surface area (Å²) in [5, 5.41) is 4.79. The molecule has 0 saturated carbocycles. The van der Waals surface area contributed by atoms with E-state index in [1.165, 1.54) is 16.8 Å². The lowest BCUT2D eigenvalue weighted by Gasteiger charge is -2.10. The molecule has 0 aliphatic rings. The van der Waals surface area contributed by atoms with E-state index in [0.717, 1.165) is 17.6 Å². The van der Waals surface area contributed by atoms with Crippen molar-refractivity contribution in [1.29, 1.82) is 0 Å². The van der Waals surface area contributed by atoms with Crippen LogP contribution in [-0.2, 0) is 6.54 Å². The zero-order valence-corrected chi connectivity index (χ0v) is 13.3. The van der Waals surface area contributed by atoms with Gasteiger partial charge in [0.15, 0.2) is 0 Å². The average molecular weight is 325 g/mol. The minimum atomic E-state index is 0.529. The van der Waals surface area contributed by atoms with E-state index in [1.54, 1.807) is 11.3 Å². The predicted molar refractivity (Wildman–Crippen MR) is 93.6 cm³/mol. The Balaban J connectivity index is 1.92. The molecule has 0 aliphatic heterocycles. The van der Waals surface area contributed by atoms with Crippen LogP contribution in [0.15, 0.2) is 65.4 Å². The molecule has 3 aromatic heterocycles. The third-order valence-corrected chi connectivity index (χ3v) is 4.62. The Morgan fingerprint density at radius 2 is 1.91 bits per heavy atom. The van der Waals surface area contributed by atoms with Crippen LogP contribution >= 0.6 is 22.9 Å². The standard InChI is InChI=1S/C18H13ClN2S/c19-18-7-6-16-15(20-18)10-17(14-8-9-22-12-14)21(16)11-13-4-2-1-3-5-13/h1-10,12H,11H2. The van der Waals surface area contributed by atoms with E-state index in [2.05, 4.69) is 56.7 Å². The van der Waals surface area contributed by atoms with Crippen molar-refractivity contribution in [2.75, 3.05) is 0 Å². The van der Waals surface area contributed by atoms with Gasteiger partial charge in [-0.3, -0.25) is 0 Å². The zero-order chi connectivity index (χ0) is 14.9. The molecular formula is C18H13ClN2S. The molecule has 0 unspecified atom stereocenters. The number of hydrogen-bond acceptors (Lipinski definition) is 2. The second-order valence-electron chi connectivity index (χ2n) is 5.15. The number of pyridine rings is 1. The molecule has 4 heteroatoms. The summed E-state index contributed by atoms with van der Waals surface area (Å²) in [6.07, 6.45) is 0. The summed E-state index contributed by atoms with van der Waals surface area (Å²) in [6.45, 7) is 0.818. The molecule has 0 spiro atoms. The highest BCUT2D eigenvalue weighted by Crippen LogP contribution is 2.30. The SMILES string of the molecule is Clc1ccc2c(cc(-c3ccsc3)n2Cc2ccccc2)n1. The summed E-state index contributed by atoms with van der Waals surface area (Å²) < 4.78 is 2.30. The Morgan fingerprint density at radius 1 is 1.05 bits per heavy atom. The van der Waals surface area contributed by atoms with Gasteiger partial charge in [-0.15, -0.1) is 0 Å². The minimum absolute atomic E-state index is 0.529. The van der Waals surface area contributed by atoms with Gasteiger partial charge in [-0.25, -0.2) is 4.98 Å². The first kappa shape index (κ1) is 13.6. The molecule has 4 rings (SSSR count). The van der Waals surface area contributed by atoms with E-state index in [-0.39, 0.29) is 0 Å². The summed E-state index contributed by atoms with van der Waals surface area (Å²) >= 11 is 7.75. The van der Waals surface area contributed by atoms with E-state index < -0.39 is 0 Å². The summed E-state index contributed by atoms with van der Waals surface area (Å²) in [4.78, 5) is 4.46. The van der Waals surface area contributed by atoms with Gasteiger partial charge in [0.25, 0.3) is 0 Å². The molecule has 0 fully saturated rings. The van der Waals surface area contributed by atoms with Crippen LogP contribution in [0.25, 0.3) is 22.3 Å². The van der Waals surface area contributed by atoms with Crippen molar-refractivity contribution in [2.24, 2.45) is 0 Å². The second-order valence-corrected chi connectivity index (χ2v) is 6.32. The fourth-order valence-corrected chi connectivity index (χ4v) is 3.50. The molecule has 22 heavy (non-hydrogen) atoms. The molecule has 0 saturated heterocycles. The fraction of sp³-hybridized carbons (Fsp3) is 0.0556. The van der Waals surface area contributed by atoms with E-state index >= 15 is 0 Å². The number of nitrogens with zero attached hydrogens (tertiary/aromatic N) is 2. The maximum atomic E-state index is 6.05. The maximum absolute atomic E-state index is 6.05. The number of rotatable bonds is 3. The number of hydrogen-bond donors (Lipinski definition) is 0. The van der Waals surface area contributed by atoms with Gasteiger partial charge >= 0.3 is 0 Å². The monoisotopic (exact) mass is 324 g/mol. The smallest absolute Gasteiger partial charge is 0.129 e. The third-order valence-electron chi connectivity index (χ3n) is 3.72. The quantitative estimate of drug-likeness (QED) is 0.457. The van der Waals surface area contributed by atoms with Gasteiger partial charge in [0.05, 0.1) is 16.7 Å². The van der Waals surface area contributed by atoms with Crippen LogP contribution in [0.4, 0.5) is 0 Å². The van der Waals surface area contributed by atoms with Crippen LogP contribution in [-0.4, -0.2) is 9.55 Å². The highest BCUT2D eigenvalue weighted by molar-refractivity contribution is 7.08. The Kier molecular flexibility index (Phi) is 3.45. The van der Waals surface area contributed by atoms with Crippen molar-refractivity contribution in [3.8, 4) is 11.3 Å². The van der Waals surface area contributed by atoms with E-state index in [9.17, 15) is 0 Å². The third kappa shape index (κ3) is 2.43. The molecule has 4 aromatic rings. The average Bonchev–Trinajstić information content (AvgIpc) is 3.16. The Morgan fingerprint density at radius 3 is 2.68 bits per heavy atom. The highest BCUT2D eigenvalue weighted by Gasteiger charge is 2.12. The lowest BCUT2D eigenvalue weighted by Crippen LogP contribution is -2.01. The van der Waals surface area contributed by atoms with Gasteiger partial charge in [0.2, 0.25) is 0 Å². The minimum Gasteiger partial charge on any atom is -0.335 e. The molecule has 0 bridgehead atoms. The molecular weight excluding hydrogens is 312 g/mol. The molecule has 2 nitrogen and oxygen atoms in total. The Hall–Kier alpha value is -2.10. The van der Waals surface area contributed by atoms with Crippen molar-refractivity contribution in [2.45, 2.75) is 6.54 Å². The van der Waals surface area contributed by atoms with Gasteiger partial charge in [0.1, 0.15) is 5.15 Å². The first-order valence-electron chi connectivity index (χ1n) is 7.03. The van der Waals surface area contributed by atoms with E-state index in [0.29, 0.717) is 5.15 Å². The summed E-state index contributed by atoms with van der Waals surface area (Å²) in [6, 6.07) is 18.6. The number of thiophene rings is 1. The Bertz CT molecular complexity index is 911. The topological polar surface area (TPSA) is 17.8 Å². The Labute approximate surface area is 137 Å². The van der Waals surface area contributed by atoms with Crippen LogP contribution < -0.4 is 0 Å². The molecule has 1 aromatic carbocycles. The van der Waals surface area contributed by atoms with Crippen molar-refractivity contribution >= 4 is 34.0 Å². The number of aromatic nitrogens is 2. The van der Waals surface area contributed by atoms with Crippen LogP contribution in [0.1, 0.15) is 5.56 Å². The van der Waals surface area contributed by atoms with Crippen LogP contribution in [0.2, 0.25) is 5.15 Å². The first-order valence-corrected chi connectivity index (χ1v) is 8.35. The molecule has 0 atom stereocenters. The van der Waals surface area contributed by atoms with E-state index in [1.807, 2.05) is 18.2 Å². The van der Waals surface area contributed by atoms with Crippen LogP contribution in [0.5, 0.6) is 0 Å². The zero-order valence-electron chi connectivity index (χ0n) is 11.7. The van der Waals surface area contributed by atoms with E-state index in [4.69, 9.17) is 11.6 Å². The lowest BCUT2D eigenvalue weighted by molar-refractivity contribution is 0.845. The largest absolute Gasteiger partial charge is 0.335 e. The summed E-state index contributed by atoms with van der Waals surface area (Å²) in [5.41, 5.74) is 5.70. The van der Waals surface area contributed by atoms with Crippen LogP contribution in [0.3, 0.4) is 0 Å². The van der Waals surface area contributed by atoms with Crippen molar-refractivity contribution in [3.05, 3.63) is 76.1 Å². The normalized spacial score (nSPS) is 11.1. The number of halogens is 1. The van der Waals surface area contributed by atoms with Gasteiger partial charge in [-0.05, 0) is 35.2 Å². The van der Waals surface area contributed by atoms with Gasteiger partial charge in [0, 0.05) is 17.5 Å². The summed E-state index contributed by atoms with van der Waals surface area (Å²) in [7, 11) is 0. The number of fused-ring (bicyclic) bond motifs is 1. The van der Waals surface area contributed by atoms with Gasteiger partial charge < -0.3 is 4.57 Å². The number of benzene rings is 1. The molecule has 108 valence electrons. The molecule has 0 aliphatic carbocycles. The van der Waals surface area contributed by atoms with Gasteiger partial charge in [-0.1, -0.05) is 41.9 Å². The lowest BCUT2D eigenvalue weighted by atomic mass is 10.2. The fourth-order valence-electron chi connectivity index (χ4n) is 2.70. The van der Waals surface area contributed by atoms with Crippen molar-refractivity contribution in [3.63, 3.8) is 0 Å². The predicted octanol–water partition coefficient (Wildman–Crippen LogP) is 5.47. The highest BCUT2D eigenvalue weighted by atomic mass is 35.5. The molecule has 0 N–H and O–H groups in total. The maximum Gasteiger partial charge on any atom is 0.129 e. The second kappa shape index (κ2) is 5.59. The van der Waals surface area contributed by atoms with Crippen molar-refractivity contribution < 1.29 is 0 Å². The molecule has 0 radical (unpaired) electrons. The van der Waals surface area contributed by atoms with Gasteiger partial charge in [-0.2, -0.15) is 11.3 Å². The molecule has 3 heterocycles. The molecule has 0 amide bonds. The van der Waals surface area contributed by atoms with Crippen molar-refractivity contribution in [1.82, 2.24) is 9.55 Å². The van der Waals surface area contributed by atoms with Crippen LogP contribution in [0, 0.1) is 0 Å².